The smallest absolute Gasteiger partial charge is 0.250 e. The van der Waals surface area contributed by atoms with E-state index in [-0.39, 0.29) is 11.8 Å². The third-order valence-corrected chi connectivity index (χ3v) is 4.66. The first kappa shape index (κ1) is 17.4. The van der Waals surface area contributed by atoms with Crippen LogP contribution < -0.4 is 10.1 Å². The van der Waals surface area contributed by atoms with E-state index in [1.165, 1.54) is 0 Å². The van der Waals surface area contributed by atoms with Crippen molar-refractivity contribution in [3.63, 3.8) is 0 Å². The first-order chi connectivity index (χ1) is 11.1. The molecular formula is C17H22N2O3S. The number of anilines is 1. The number of nitrogens with zero attached hydrogens (tertiary/aromatic N) is 1. The van der Waals surface area contributed by atoms with E-state index in [9.17, 15) is 9.59 Å². The Hall–Kier alpha value is -1.95. The fourth-order valence-electron chi connectivity index (χ4n) is 2.38. The van der Waals surface area contributed by atoms with Crippen molar-refractivity contribution >= 4 is 29.3 Å². The number of amides is 2. The number of methoxy groups -OCH3 is 1. The number of rotatable bonds is 5. The number of hydrogen-bond acceptors (Lipinski definition) is 4. The van der Waals surface area contributed by atoms with E-state index in [1.54, 1.807) is 55.0 Å². The summed E-state index contributed by atoms with van der Waals surface area (Å²) in [7, 11) is 1.60. The lowest BCUT2D eigenvalue weighted by Crippen LogP contribution is -2.44. The third kappa shape index (κ3) is 4.28. The van der Waals surface area contributed by atoms with Crippen LogP contribution in [0.5, 0.6) is 5.75 Å². The Kier molecular flexibility index (Phi) is 6.10. The zero-order valence-corrected chi connectivity index (χ0v) is 14.5. The van der Waals surface area contributed by atoms with Gasteiger partial charge in [0.15, 0.2) is 0 Å². The molecule has 1 N–H and O–H groups in total. The van der Waals surface area contributed by atoms with Crippen LogP contribution in [-0.2, 0) is 9.59 Å². The van der Waals surface area contributed by atoms with Gasteiger partial charge in [-0.25, -0.2) is 0 Å². The number of carbonyl (C=O) groups is 2. The molecule has 1 saturated heterocycles. The van der Waals surface area contributed by atoms with Crippen LogP contribution in [0.3, 0.4) is 0 Å². The SMILES string of the molecule is CCC=C(C)C(=O)N1CSCC1C(=O)Nc1ccc(OC)cc1. The fourth-order valence-corrected chi connectivity index (χ4v) is 3.53. The molecule has 6 heteroatoms. The summed E-state index contributed by atoms with van der Waals surface area (Å²) in [6, 6.07) is 6.71. The van der Waals surface area contributed by atoms with E-state index in [1.807, 2.05) is 13.0 Å². The largest absolute Gasteiger partial charge is 0.497 e. The zero-order chi connectivity index (χ0) is 16.8. The Balaban J connectivity index is 2.05. The van der Waals surface area contributed by atoms with E-state index in [0.29, 0.717) is 22.9 Å². The summed E-state index contributed by atoms with van der Waals surface area (Å²) < 4.78 is 5.10. The number of ether oxygens (including phenoxy) is 1. The monoisotopic (exact) mass is 334 g/mol. The highest BCUT2D eigenvalue weighted by Crippen LogP contribution is 2.24. The van der Waals surface area contributed by atoms with Crippen LogP contribution in [0.1, 0.15) is 20.3 Å². The second kappa shape index (κ2) is 8.06. The van der Waals surface area contributed by atoms with E-state index < -0.39 is 6.04 Å². The lowest BCUT2D eigenvalue weighted by atomic mass is 10.2. The first-order valence-corrected chi connectivity index (χ1v) is 8.72. The average Bonchev–Trinajstić information content (AvgIpc) is 3.04. The van der Waals surface area contributed by atoms with E-state index in [2.05, 4.69) is 5.32 Å². The van der Waals surface area contributed by atoms with Crippen LogP contribution in [-0.4, -0.2) is 41.5 Å². The minimum Gasteiger partial charge on any atom is -0.497 e. The Morgan fingerprint density at radius 2 is 2.09 bits per heavy atom. The molecule has 0 saturated carbocycles. The van der Waals surface area contributed by atoms with Gasteiger partial charge in [0, 0.05) is 17.0 Å². The Morgan fingerprint density at radius 1 is 1.39 bits per heavy atom. The van der Waals surface area contributed by atoms with E-state index in [0.717, 1.165) is 12.2 Å². The molecule has 0 spiro atoms. The molecule has 1 fully saturated rings. The van der Waals surface area contributed by atoms with Crippen molar-refractivity contribution in [1.82, 2.24) is 4.90 Å². The van der Waals surface area contributed by atoms with Crippen LogP contribution in [0.2, 0.25) is 0 Å². The maximum Gasteiger partial charge on any atom is 0.250 e. The van der Waals surface area contributed by atoms with Gasteiger partial charge >= 0.3 is 0 Å². The van der Waals surface area contributed by atoms with Crippen molar-refractivity contribution in [3.8, 4) is 5.75 Å². The highest BCUT2D eigenvalue weighted by atomic mass is 32.2. The molecule has 0 aromatic heterocycles. The second-order valence-electron chi connectivity index (χ2n) is 5.30. The summed E-state index contributed by atoms with van der Waals surface area (Å²) >= 11 is 1.60. The number of nitrogens with one attached hydrogen (secondary N) is 1. The quantitative estimate of drug-likeness (QED) is 0.841. The predicted molar refractivity (Wildman–Crippen MR) is 93.6 cm³/mol. The highest BCUT2D eigenvalue weighted by Gasteiger charge is 2.34. The van der Waals surface area contributed by atoms with Crippen LogP contribution in [0.15, 0.2) is 35.9 Å². The summed E-state index contributed by atoms with van der Waals surface area (Å²) in [5.74, 6) is 1.68. The molecule has 1 atom stereocenters. The molecule has 1 aliphatic heterocycles. The third-order valence-electron chi connectivity index (χ3n) is 3.65. The summed E-state index contributed by atoms with van der Waals surface area (Å²) in [4.78, 5) is 26.6. The molecule has 23 heavy (non-hydrogen) atoms. The molecular weight excluding hydrogens is 312 g/mol. The zero-order valence-electron chi connectivity index (χ0n) is 13.7. The lowest BCUT2D eigenvalue weighted by molar-refractivity contribution is -0.133. The summed E-state index contributed by atoms with van der Waals surface area (Å²) in [5, 5.41) is 2.87. The molecule has 1 aromatic rings. The van der Waals surface area contributed by atoms with Crippen molar-refractivity contribution in [2.24, 2.45) is 0 Å². The molecule has 1 heterocycles. The van der Waals surface area contributed by atoms with Gasteiger partial charge in [0.2, 0.25) is 5.91 Å². The number of hydrogen-bond donors (Lipinski definition) is 1. The molecule has 1 aliphatic rings. The Bertz CT molecular complexity index is 598. The van der Waals surface area contributed by atoms with Gasteiger partial charge in [-0.15, -0.1) is 11.8 Å². The summed E-state index contributed by atoms with van der Waals surface area (Å²) in [5.41, 5.74) is 1.39. The lowest BCUT2D eigenvalue weighted by Gasteiger charge is -2.23. The molecule has 0 radical (unpaired) electrons. The Labute approximate surface area is 141 Å². The number of allylic oxidation sites excluding steroid dienone is 1. The molecule has 2 rings (SSSR count). The normalized spacial score (nSPS) is 18.0. The molecule has 124 valence electrons. The molecule has 2 amide bonds. The highest BCUT2D eigenvalue weighted by molar-refractivity contribution is 7.99. The van der Waals surface area contributed by atoms with Gasteiger partial charge in [-0.3, -0.25) is 9.59 Å². The van der Waals surface area contributed by atoms with Gasteiger partial charge in [0.05, 0.1) is 13.0 Å². The van der Waals surface area contributed by atoms with Crippen LogP contribution >= 0.6 is 11.8 Å². The minimum absolute atomic E-state index is 0.0632. The first-order valence-electron chi connectivity index (χ1n) is 7.57. The van der Waals surface area contributed by atoms with Crippen LogP contribution in [0.25, 0.3) is 0 Å². The summed E-state index contributed by atoms with van der Waals surface area (Å²) in [6.45, 7) is 3.79. The summed E-state index contributed by atoms with van der Waals surface area (Å²) in [6.07, 6.45) is 2.70. The molecule has 0 aliphatic carbocycles. The van der Waals surface area contributed by atoms with Crippen molar-refractivity contribution in [3.05, 3.63) is 35.9 Å². The number of carbonyl (C=O) groups excluding carboxylic acids is 2. The van der Waals surface area contributed by atoms with Gasteiger partial charge in [-0.05, 0) is 37.6 Å². The van der Waals surface area contributed by atoms with Gasteiger partial charge in [-0.1, -0.05) is 13.0 Å². The van der Waals surface area contributed by atoms with Crippen molar-refractivity contribution in [1.29, 1.82) is 0 Å². The van der Waals surface area contributed by atoms with Crippen molar-refractivity contribution < 1.29 is 14.3 Å². The minimum atomic E-state index is -0.435. The molecule has 0 bridgehead atoms. The van der Waals surface area contributed by atoms with Crippen molar-refractivity contribution in [2.45, 2.75) is 26.3 Å². The molecule has 1 aromatic carbocycles. The van der Waals surface area contributed by atoms with Gasteiger partial charge < -0.3 is 15.0 Å². The predicted octanol–water partition coefficient (Wildman–Crippen LogP) is 2.89. The topological polar surface area (TPSA) is 58.6 Å². The van der Waals surface area contributed by atoms with Crippen LogP contribution in [0, 0.1) is 0 Å². The Morgan fingerprint density at radius 3 is 2.70 bits per heavy atom. The molecule has 1 unspecified atom stereocenters. The van der Waals surface area contributed by atoms with Crippen molar-refractivity contribution in [2.75, 3.05) is 24.1 Å². The van der Waals surface area contributed by atoms with Crippen LogP contribution in [0.4, 0.5) is 5.69 Å². The van der Waals surface area contributed by atoms with E-state index in [4.69, 9.17) is 4.74 Å². The standard InChI is InChI=1S/C17H22N2O3S/c1-4-5-12(2)17(21)19-11-23-10-15(19)16(20)18-13-6-8-14(22-3)9-7-13/h5-9,15H,4,10-11H2,1-3H3,(H,18,20). The second-order valence-corrected chi connectivity index (χ2v) is 6.30. The number of thioether (sulfide) groups is 1. The number of benzene rings is 1. The van der Waals surface area contributed by atoms with Gasteiger partial charge in [0.25, 0.3) is 5.91 Å². The van der Waals surface area contributed by atoms with Gasteiger partial charge in [-0.2, -0.15) is 0 Å². The maximum absolute atomic E-state index is 12.5. The maximum atomic E-state index is 12.5. The molecule has 5 nitrogen and oxygen atoms in total. The van der Waals surface area contributed by atoms with E-state index >= 15 is 0 Å². The fraction of sp³-hybridized carbons (Fsp3) is 0.412. The average molecular weight is 334 g/mol. The van der Waals surface area contributed by atoms with Gasteiger partial charge in [0.1, 0.15) is 11.8 Å².